The van der Waals surface area contributed by atoms with E-state index in [0.717, 1.165) is 0 Å². The first-order valence-electron chi connectivity index (χ1n) is 6.16. The number of aromatic nitrogens is 2. The molecule has 1 N–H and O–H groups in total. The Bertz CT molecular complexity index is 448. The second-order valence-electron chi connectivity index (χ2n) is 4.24. The highest BCUT2D eigenvalue weighted by Crippen LogP contribution is 2.15. The van der Waals surface area contributed by atoms with Gasteiger partial charge in [-0.05, 0) is 29.8 Å². The first-order valence-corrected chi connectivity index (χ1v) is 6.95. The summed E-state index contributed by atoms with van der Waals surface area (Å²) in [6.45, 7) is 6.05. The van der Waals surface area contributed by atoms with E-state index in [9.17, 15) is 4.79 Å². The topological polar surface area (TPSA) is 65.4 Å². The van der Waals surface area contributed by atoms with Crippen molar-refractivity contribution in [3.05, 3.63) is 21.0 Å². The Morgan fingerprint density at radius 2 is 2.21 bits per heavy atom. The van der Waals surface area contributed by atoms with E-state index < -0.39 is 0 Å². The fraction of sp³-hybridized carbons (Fsp3) is 0.667. The van der Waals surface area contributed by atoms with Crippen molar-refractivity contribution in [3.8, 4) is 0 Å². The molecule has 1 rings (SSSR count). The second-order valence-corrected chi connectivity index (χ2v) is 5.03. The van der Waals surface area contributed by atoms with Gasteiger partial charge in [-0.1, -0.05) is 0 Å². The van der Waals surface area contributed by atoms with Crippen molar-refractivity contribution in [1.82, 2.24) is 9.78 Å². The quantitative estimate of drug-likeness (QED) is 0.730. The molecule has 0 unspecified atom stereocenters. The number of rotatable bonds is 8. The van der Waals surface area contributed by atoms with Crippen LogP contribution in [-0.2, 0) is 16.0 Å². The highest BCUT2D eigenvalue weighted by molar-refractivity contribution is 9.10. The van der Waals surface area contributed by atoms with E-state index in [-0.39, 0.29) is 11.7 Å². The van der Waals surface area contributed by atoms with Crippen LogP contribution in [0.15, 0.2) is 15.5 Å². The zero-order valence-electron chi connectivity index (χ0n) is 11.5. The highest BCUT2D eigenvalue weighted by Gasteiger charge is 2.08. The number of hydrogen-bond donors (Lipinski definition) is 1. The van der Waals surface area contributed by atoms with Crippen molar-refractivity contribution in [1.29, 1.82) is 0 Å². The Morgan fingerprint density at radius 1 is 1.47 bits per heavy atom. The van der Waals surface area contributed by atoms with Crippen LogP contribution in [0.1, 0.15) is 13.8 Å². The van der Waals surface area contributed by atoms with Gasteiger partial charge in [0, 0.05) is 13.7 Å². The van der Waals surface area contributed by atoms with Gasteiger partial charge >= 0.3 is 0 Å². The first kappa shape index (κ1) is 16.1. The zero-order chi connectivity index (χ0) is 14.3. The molecule has 0 aliphatic heterocycles. The molecule has 1 aromatic rings. The molecule has 0 amide bonds. The minimum atomic E-state index is -0.174. The molecule has 19 heavy (non-hydrogen) atoms. The molecule has 0 saturated carbocycles. The number of hydrogen-bond acceptors (Lipinski definition) is 5. The maximum atomic E-state index is 12.0. The molecule has 1 heterocycles. The minimum Gasteiger partial charge on any atom is -0.383 e. The highest BCUT2D eigenvalue weighted by atomic mass is 79.9. The van der Waals surface area contributed by atoms with Crippen LogP contribution in [0.2, 0.25) is 0 Å². The summed E-state index contributed by atoms with van der Waals surface area (Å²) in [4.78, 5) is 12.0. The van der Waals surface area contributed by atoms with Crippen molar-refractivity contribution in [2.24, 2.45) is 0 Å². The number of nitrogens with zero attached hydrogens (tertiary/aromatic N) is 2. The maximum absolute atomic E-state index is 12.0. The van der Waals surface area contributed by atoms with E-state index in [0.29, 0.717) is 36.5 Å². The Hall–Kier alpha value is -0.920. The molecule has 108 valence electrons. The summed E-state index contributed by atoms with van der Waals surface area (Å²) in [5.41, 5.74) is 0.498. The lowest BCUT2D eigenvalue weighted by atomic mass is 10.4. The lowest BCUT2D eigenvalue weighted by molar-refractivity contribution is 0.0870. The lowest BCUT2D eigenvalue weighted by Gasteiger charge is -2.11. The monoisotopic (exact) mass is 333 g/mol. The van der Waals surface area contributed by atoms with Gasteiger partial charge in [0.05, 0.1) is 37.7 Å². The Morgan fingerprint density at radius 3 is 2.84 bits per heavy atom. The summed E-state index contributed by atoms with van der Waals surface area (Å²) < 4.78 is 12.2. The van der Waals surface area contributed by atoms with E-state index in [1.807, 2.05) is 13.8 Å². The Balaban J connectivity index is 2.61. The van der Waals surface area contributed by atoms with Gasteiger partial charge in [-0.2, -0.15) is 5.10 Å². The van der Waals surface area contributed by atoms with E-state index >= 15 is 0 Å². The minimum absolute atomic E-state index is 0.174. The van der Waals surface area contributed by atoms with Crippen LogP contribution in [0.5, 0.6) is 0 Å². The molecule has 1 aromatic heterocycles. The largest absolute Gasteiger partial charge is 0.383 e. The van der Waals surface area contributed by atoms with Crippen molar-refractivity contribution in [2.45, 2.75) is 26.5 Å². The van der Waals surface area contributed by atoms with Crippen molar-refractivity contribution in [2.75, 3.05) is 32.2 Å². The van der Waals surface area contributed by atoms with E-state index in [4.69, 9.17) is 9.47 Å². The third-order valence-corrected chi connectivity index (χ3v) is 3.13. The van der Waals surface area contributed by atoms with E-state index in [1.54, 1.807) is 13.3 Å². The molecular formula is C12H20BrN3O3. The average Bonchev–Trinajstić information content (AvgIpc) is 2.38. The molecule has 0 aliphatic carbocycles. The van der Waals surface area contributed by atoms with Gasteiger partial charge in [-0.3, -0.25) is 4.79 Å². The molecular weight excluding hydrogens is 314 g/mol. The van der Waals surface area contributed by atoms with Crippen LogP contribution >= 0.6 is 15.9 Å². The molecule has 7 heteroatoms. The fourth-order valence-corrected chi connectivity index (χ4v) is 1.85. The lowest BCUT2D eigenvalue weighted by Crippen LogP contribution is -2.26. The molecule has 0 saturated heterocycles. The van der Waals surface area contributed by atoms with Crippen molar-refractivity contribution < 1.29 is 9.47 Å². The van der Waals surface area contributed by atoms with Gasteiger partial charge in [0.2, 0.25) is 0 Å². The standard InChI is InChI=1S/C12H20BrN3O3/c1-9(2)19-6-4-14-10-8-15-16(5-7-18-3)12(17)11(10)13/h8-9,14H,4-7H2,1-3H3. The third kappa shape index (κ3) is 5.30. The number of halogens is 1. The Labute approximate surface area is 121 Å². The van der Waals surface area contributed by atoms with Gasteiger partial charge in [-0.15, -0.1) is 0 Å². The first-order chi connectivity index (χ1) is 9.06. The van der Waals surface area contributed by atoms with Crippen LogP contribution < -0.4 is 10.9 Å². The third-order valence-electron chi connectivity index (χ3n) is 2.36. The van der Waals surface area contributed by atoms with Gasteiger partial charge in [-0.25, -0.2) is 4.68 Å². The fourth-order valence-electron chi connectivity index (χ4n) is 1.41. The van der Waals surface area contributed by atoms with Crippen LogP contribution in [0.25, 0.3) is 0 Å². The number of ether oxygens (including phenoxy) is 2. The SMILES string of the molecule is COCCn1ncc(NCCOC(C)C)c(Br)c1=O. The molecule has 0 aromatic carbocycles. The molecule has 0 bridgehead atoms. The Kier molecular flexibility index (Phi) is 7.04. The summed E-state index contributed by atoms with van der Waals surface area (Å²) in [5.74, 6) is 0. The summed E-state index contributed by atoms with van der Waals surface area (Å²) in [7, 11) is 1.59. The van der Waals surface area contributed by atoms with Gasteiger partial charge in [0.1, 0.15) is 4.47 Å². The van der Waals surface area contributed by atoms with Crippen molar-refractivity contribution in [3.63, 3.8) is 0 Å². The van der Waals surface area contributed by atoms with E-state index in [1.165, 1.54) is 4.68 Å². The smallest absolute Gasteiger partial charge is 0.283 e. The predicted octanol–water partition coefficient (Wildman–Crippen LogP) is 1.49. The summed E-state index contributed by atoms with van der Waals surface area (Å²) in [6.07, 6.45) is 1.82. The van der Waals surface area contributed by atoms with Crippen LogP contribution in [0.3, 0.4) is 0 Å². The van der Waals surface area contributed by atoms with Crippen LogP contribution in [0.4, 0.5) is 5.69 Å². The molecule has 0 radical (unpaired) electrons. The molecule has 6 nitrogen and oxygen atoms in total. The van der Waals surface area contributed by atoms with Gasteiger partial charge in [0.25, 0.3) is 5.56 Å². The molecule has 0 aliphatic rings. The zero-order valence-corrected chi connectivity index (χ0v) is 13.1. The normalized spacial score (nSPS) is 11.0. The number of anilines is 1. The molecule has 0 atom stereocenters. The van der Waals surface area contributed by atoms with E-state index in [2.05, 4.69) is 26.3 Å². The number of nitrogens with one attached hydrogen (secondary N) is 1. The van der Waals surface area contributed by atoms with Gasteiger partial charge < -0.3 is 14.8 Å². The van der Waals surface area contributed by atoms with Crippen molar-refractivity contribution >= 4 is 21.6 Å². The average molecular weight is 334 g/mol. The number of methoxy groups -OCH3 is 1. The maximum Gasteiger partial charge on any atom is 0.283 e. The summed E-state index contributed by atoms with van der Waals surface area (Å²) >= 11 is 3.29. The second kappa shape index (κ2) is 8.29. The summed E-state index contributed by atoms with van der Waals surface area (Å²) in [6, 6.07) is 0. The van der Waals surface area contributed by atoms with Crippen LogP contribution in [0, 0.1) is 0 Å². The van der Waals surface area contributed by atoms with Gasteiger partial charge in [0.15, 0.2) is 0 Å². The summed E-state index contributed by atoms with van der Waals surface area (Å²) in [5, 5.41) is 7.19. The molecule has 0 fully saturated rings. The van der Waals surface area contributed by atoms with Crippen LogP contribution in [-0.4, -0.2) is 42.8 Å². The molecule has 0 spiro atoms. The predicted molar refractivity (Wildman–Crippen MR) is 77.7 cm³/mol.